The fourth-order valence-corrected chi connectivity index (χ4v) is 2.39. The molecule has 0 aliphatic rings. The van der Waals surface area contributed by atoms with Crippen LogP contribution >= 0.6 is 39.7 Å². The van der Waals surface area contributed by atoms with Gasteiger partial charge in [0.1, 0.15) is 0 Å². The van der Waals surface area contributed by atoms with Crippen molar-refractivity contribution in [3.63, 3.8) is 0 Å². The van der Waals surface area contributed by atoms with Crippen LogP contribution in [-0.2, 0) is 11.3 Å². The van der Waals surface area contributed by atoms with Crippen LogP contribution in [0.2, 0.25) is 0 Å². The van der Waals surface area contributed by atoms with E-state index in [4.69, 9.17) is 0 Å². The van der Waals surface area contributed by atoms with E-state index >= 15 is 0 Å². The van der Waals surface area contributed by atoms with Crippen LogP contribution in [0, 0.1) is 0 Å². The van der Waals surface area contributed by atoms with E-state index in [2.05, 4.69) is 26.6 Å². The van der Waals surface area contributed by atoms with Gasteiger partial charge in [-0.2, -0.15) is 0 Å². The van der Waals surface area contributed by atoms with Gasteiger partial charge < -0.3 is 10.6 Å². The summed E-state index contributed by atoms with van der Waals surface area (Å²) in [5.41, 5.74) is 0. The molecule has 0 radical (unpaired) electrons. The molecule has 0 aliphatic heterocycles. The Labute approximate surface area is 108 Å². The largest absolute Gasteiger partial charge is 0.351 e. The number of halogens is 2. The lowest BCUT2D eigenvalue weighted by Gasteiger charge is -2.03. The van der Waals surface area contributed by atoms with Crippen molar-refractivity contribution in [2.75, 3.05) is 13.6 Å². The molecule has 1 aromatic heterocycles. The average Bonchev–Trinajstić information content (AvgIpc) is 2.58. The van der Waals surface area contributed by atoms with Crippen LogP contribution in [-0.4, -0.2) is 19.5 Å². The molecule has 0 atom stereocenters. The smallest absolute Gasteiger partial charge is 0.221 e. The average molecular weight is 314 g/mol. The van der Waals surface area contributed by atoms with Crippen molar-refractivity contribution in [1.82, 2.24) is 10.6 Å². The van der Waals surface area contributed by atoms with Crippen molar-refractivity contribution in [2.24, 2.45) is 0 Å². The van der Waals surface area contributed by atoms with E-state index in [1.165, 1.54) is 0 Å². The minimum absolute atomic E-state index is 0. The summed E-state index contributed by atoms with van der Waals surface area (Å²) in [6.45, 7) is 1.33. The highest BCUT2D eigenvalue weighted by atomic mass is 79.9. The molecule has 0 saturated heterocycles. The first kappa shape index (κ1) is 14.9. The first-order valence-corrected chi connectivity index (χ1v) is 6.04. The molecule has 1 amide bonds. The maximum atomic E-state index is 11.2. The summed E-state index contributed by atoms with van der Waals surface area (Å²) in [6, 6.07) is 1.99. The molecule has 1 rings (SSSR count). The molecule has 1 aromatic rings. The monoisotopic (exact) mass is 312 g/mol. The molecule has 2 N–H and O–H groups in total. The van der Waals surface area contributed by atoms with Gasteiger partial charge in [0.2, 0.25) is 5.91 Å². The second-order valence-corrected chi connectivity index (χ2v) is 4.68. The van der Waals surface area contributed by atoms with Gasteiger partial charge in [-0.1, -0.05) is 0 Å². The second-order valence-electron chi connectivity index (χ2n) is 2.82. The van der Waals surface area contributed by atoms with E-state index < -0.39 is 0 Å². The molecule has 0 unspecified atom stereocenters. The fourth-order valence-electron chi connectivity index (χ4n) is 0.957. The SMILES string of the molecule is CNCCC(=O)NCc1sccc1Br.Cl. The first-order chi connectivity index (χ1) is 6.74. The van der Waals surface area contributed by atoms with E-state index in [9.17, 15) is 4.79 Å². The van der Waals surface area contributed by atoms with Crippen molar-refractivity contribution in [3.8, 4) is 0 Å². The Morgan fingerprint density at radius 3 is 2.87 bits per heavy atom. The fraction of sp³-hybridized carbons (Fsp3) is 0.444. The number of nitrogens with one attached hydrogen (secondary N) is 2. The summed E-state index contributed by atoms with van der Waals surface area (Å²) in [6.07, 6.45) is 0.527. The molecule has 0 aromatic carbocycles. The van der Waals surface area contributed by atoms with Gasteiger partial charge in [-0.25, -0.2) is 0 Å². The lowest BCUT2D eigenvalue weighted by Crippen LogP contribution is -2.25. The highest BCUT2D eigenvalue weighted by molar-refractivity contribution is 9.10. The van der Waals surface area contributed by atoms with Gasteiger partial charge in [-0.3, -0.25) is 4.79 Å². The van der Waals surface area contributed by atoms with Crippen LogP contribution in [0.25, 0.3) is 0 Å². The van der Waals surface area contributed by atoms with Gasteiger partial charge in [0.15, 0.2) is 0 Å². The van der Waals surface area contributed by atoms with Crippen LogP contribution in [0.15, 0.2) is 15.9 Å². The molecular weight excluding hydrogens is 300 g/mol. The van der Waals surface area contributed by atoms with Crippen molar-refractivity contribution < 1.29 is 4.79 Å². The third-order valence-electron chi connectivity index (χ3n) is 1.74. The van der Waals surface area contributed by atoms with Gasteiger partial charge in [-0.05, 0) is 34.4 Å². The Morgan fingerprint density at radius 1 is 1.60 bits per heavy atom. The minimum atomic E-state index is 0. The Balaban J connectivity index is 0.00000196. The van der Waals surface area contributed by atoms with E-state index in [0.717, 1.165) is 15.9 Å². The maximum absolute atomic E-state index is 11.2. The van der Waals surface area contributed by atoms with Gasteiger partial charge in [-0.15, -0.1) is 23.7 Å². The predicted octanol–water partition coefficient (Wildman–Crippen LogP) is 2.16. The lowest BCUT2D eigenvalue weighted by atomic mass is 10.4. The number of carbonyl (C=O) groups is 1. The van der Waals surface area contributed by atoms with Crippen LogP contribution in [0.5, 0.6) is 0 Å². The number of amides is 1. The Kier molecular flexibility index (Phi) is 8.04. The van der Waals surface area contributed by atoms with Crippen LogP contribution in [0.3, 0.4) is 0 Å². The molecule has 0 fully saturated rings. The lowest BCUT2D eigenvalue weighted by molar-refractivity contribution is -0.121. The van der Waals surface area contributed by atoms with E-state index in [-0.39, 0.29) is 18.3 Å². The molecule has 0 bridgehead atoms. The third kappa shape index (κ3) is 5.51. The molecule has 0 saturated carbocycles. The molecule has 1 heterocycles. The second kappa shape index (κ2) is 8.10. The van der Waals surface area contributed by atoms with Crippen molar-refractivity contribution in [3.05, 3.63) is 20.8 Å². The van der Waals surface area contributed by atoms with Crippen LogP contribution in [0.4, 0.5) is 0 Å². The molecular formula is C9H14BrClN2OS. The normalized spacial score (nSPS) is 9.47. The summed E-state index contributed by atoms with van der Waals surface area (Å²) >= 11 is 5.05. The summed E-state index contributed by atoms with van der Waals surface area (Å²) < 4.78 is 1.07. The summed E-state index contributed by atoms with van der Waals surface area (Å²) in [7, 11) is 1.84. The zero-order valence-electron chi connectivity index (χ0n) is 8.38. The van der Waals surface area contributed by atoms with E-state index in [1.54, 1.807) is 11.3 Å². The molecule has 3 nitrogen and oxygen atoms in total. The Morgan fingerprint density at radius 2 is 2.33 bits per heavy atom. The summed E-state index contributed by atoms with van der Waals surface area (Å²) in [5, 5.41) is 7.80. The van der Waals surface area contributed by atoms with E-state index in [0.29, 0.717) is 13.0 Å². The van der Waals surface area contributed by atoms with Crippen LogP contribution in [0.1, 0.15) is 11.3 Å². The molecule has 86 valence electrons. The maximum Gasteiger partial charge on any atom is 0.221 e. The van der Waals surface area contributed by atoms with Gasteiger partial charge in [0.05, 0.1) is 6.54 Å². The standard InChI is InChI=1S/C9H13BrN2OS.ClH/c1-11-4-2-9(13)12-6-8-7(10)3-5-14-8;/h3,5,11H,2,4,6H2,1H3,(H,12,13);1H. The molecule has 6 heteroatoms. The number of carbonyl (C=O) groups excluding carboxylic acids is 1. The first-order valence-electron chi connectivity index (χ1n) is 4.37. The topological polar surface area (TPSA) is 41.1 Å². The quantitative estimate of drug-likeness (QED) is 0.874. The van der Waals surface area contributed by atoms with E-state index in [1.807, 2.05) is 18.5 Å². The molecule has 15 heavy (non-hydrogen) atoms. The van der Waals surface area contributed by atoms with Crippen molar-refractivity contribution >= 4 is 45.6 Å². The Bertz CT molecular complexity index is 306. The predicted molar refractivity (Wildman–Crippen MR) is 69.7 cm³/mol. The third-order valence-corrected chi connectivity index (χ3v) is 3.67. The number of rotatable bonds is 5. The van der Waals surface area contributed by atoms with Crippen molar-refractivity contribution in [1.29, 1.82) is 0 Å². The van der Waals surface area contributed by atoms with Gasteiger partial charge >= 0.3 is 0 Å². The summed E-state index contributed by atoms with van der Waals surface area (Å²) in [5.74, 6) is 0.0830. The minimum Gasteiger partial charge on any atom is -0.351 e. The van der Waals surface area contributed by atoms with Gasteiger partial charge in [0, 0.05) is 22.3 Å². The molecule has 0 spiro atoms. The highest BCUT2D eigenvalue weighted by Gasteiger charge is 2.03. The van der Waals surface area contributed by atoms with Crippen LogP contribution < -0.4 is 10.6 Å². The van der Waals surface area contributed by atoms with Gasteiger partial charge in [0.25, 0.3) is 0 Å². The number of hydrogen-bond acceptors (Lipinski definition) is 3. The zero-order chi connectivity index (χ0) is 10.4. The molecule has 0 aliphatic carbocycles. The highest BCUT2D eigenvalue weighted by Crippen LogP contribution is 2.21. The zero-order valence-corrected chi connectivity index (χ0v) is 11.6. The number of thiophene rings is 1. The Hall–Kier alpha value is -0.100. The summed E-state index contributed by atoms with van der Waals surface area (Å²) in [4.78, 5) is 12.4. The number of hydrogen-bond donors (Lipinski definition) is 2. The van der Waals surface area contributed by atoms with Crippen molar-refractivity contribution in [2.45, 2.75) is 13.0 Å².